The van der Waals surface area contributed by atoms with Crippen LogP contribution in [-0.4, -0.2) is 49.3 Å². The van der Waals surface area contributed by atoms with Gasteiger partial charge in [0, 0.05) is 37.6 Å². The number of nitrogens with two attached hydrogens (primary N) is 1. The van der Waals surface area contributed by atoms with Gasteiger partial charge in [0.1, 0.15) is 17.3 Å². The van der Waals surface area contributed by atoms with Crippen molar-refractivity contribution in [1.82, 2.24) is 15.0 Å². The monoisotopic (exact) mass is 431 g/mol. The highest BCUT2D eigenvalue weighted by Gasteiger charge is 2.20. The normalized spacial score (nSPS) is 11.0. The molecule has 0 aliphatic heterocycles. The number of aryl methyl sites for hydroxylation is 1. The summed E-state index contributed by atoms with van der Waals surface area (Å²) in [6.07, 6.45) is 4.61. The van der Waals surface area contributed by atoms with Crippen LogP contribution in [0.15, 0.2) is 48.8 Å². The first-order valence-corrected chi connectivity index (χ1v) is 10.6. The van der Waals surface area contributed by atoms with E-state index in [1.54, 1.807) is 14.2 Å². The molecule has 32 heavy (non-hydrogen) atoms. The molecule has 0 unspecified atom stereocenters. The largest absolute Gasteiger partial charge is 0.497 e. The smallest absolute Gasteiger partial charge is 0.142 e. The van der Waals surface area contributed by atoms with Gasteiger partial charge in [0.25, 0.3) is 0 Å². The minimum absolute atomic E-state index is 0.622. The maximum Gasteiger partial charge on any atom is 0.142 e. The number of hydrogen-bond acceptors (Lipinski definition) is 6. The number of nitrogens with one attached hydrogen (secondary N) is 1. The van der Waals surface area contributed by atoms with Crippen LogP contribution in [0.1, 0.15) is 12.0 Å². The van der Waals surface area contributed by atoms with Crippen molar-refractivity contribution in [1.29, 1.82) is 0 Å². The fourth-order valence-electron chi connectivity index (χ4n) is 3.90. The van der Waals surface area contributed by atoms with Crippen LogP contribution >= 0.6 is 0 Å². The van der Waals surface area contributed by atoms with E-state index in [1.807, 2.05) is 36.7 Å². The molecule has 0 spiro atoms. The number of benzene rings is 2. The zero-order chi connectivity index (χ0) is 22.7. The van der Waals surface area contributed by atoms with Crippen molar-refractivity contribution >= 4 is 16.7 Å². The molecule has 4 rings (SSSR count). The molecular formula is C25H29N5O2. The number of aromatic nitrogens is 3. The number of anilines is 1. The van der Waals surface area contributed by atoms with Crippen LogP contribution in [-0.2, 0) is 0 Å². The summed E-state index contributed by atoms with van der Waals surface area (Å²) in [5.41, 5.74) is 12.8. The average Bonchev–Trinajstić information content (AvgIpc) is 3.24. The van der Waals surface area contributed by atoms with Gasteiger partial charge in [-0.05, 0) is 55.3 Å². The standard InChI is InChI=1S/C25H29N5O2/c1-16-6-7-22-23(10-16)29-25(28-22)21-15-27-14-20(24(21)30(2)9-5-8-26)17-11-18(31-3)13-19(12-17)32-4/h6-7,10-15H,5,8-9,26H2,1-4H3,(H,28,29). The molecule has 0 radical (unpaired) electrons. The SMILES string of the molecule is COc1cc(OC)cc(-c2cncc(-c3nc4ccc(C)cc4[nH]3)c2N(C)CCCN)c1. The van der Waals surface area contributed by atoms with E-state index < -0.39 is 0 Å². The molecule has 2 aromatic heterocycles. The van der Waals surface area contributed by atoms with Crippen molar-refractivity contribution in [2.24, 2.45) is 5.73 Å². The van der Waals surface area contributed by atoms with Crippen LogP contribution in [0, 0.1) is 6.92 Å². The number of methoxy groups -OCH3 is 2. The highest BCUT2D eigenvalue weighted by atomic mass is 16.5. The number of rotatable bonds is 8. The van der Waals surface area contributed by atoms with E-state index in [1.165, 1.54) is 5.56 Å². The van der Waals surface area contributed by atoms with Crippen LogP contribution in [0.3, 0.4) is 0 Å². The average molecular weight is 432 g/mol. The predicted octanol–water partition coefficient (Wildman–Crippen LogP) is 4.40. The number of pyridine rings is 1. The quantitative estimate of drug-likeness (QED) is 0.430. The van der Waals surface area contributed by atoms with Gasteiger partial charge in [-0.3, -0.25) is 4.98 Å². The van der Waals surface area contributed by atoms with Gasteiger partial charge in [0.05, 0.1) is 36.5 Å². The third-order valence-corrected chi connectivity index (χ3v) is 5.55. The van der Waals surface area contributed by atoms with Gasteiger partial charge in [-0.1, -0.05) is 6.07 Å². The fourth-order valence-corrected chi connectivity index (χ4v) is 3.90. The molecule has 7 heteroatoms. The molecule has 0 aliphatic carbocycles. The molecule has 0 fully saturated rings. The zero-order valence-electron chi connectivity index (χ0n) is 19.0. The van der Waals surface area contributed by atoms with Crippen molar-refractivity contribution in [2.45, 2.75) is 13.3 Å². The number of imidazole rings is 1. The third-order valence-electron chi connectivity index (χ3n) is 5.55. The molecule has 0 saturated carbocycles. The summed E-state index contributed by atoms with van der Waals surface area (Å²) >= 11 is 0. The van der Waals surface area contributed by atoms with Gasteiger partial charge in [-0.25, -0.2) is 4.98 Å². The molecule has 2 aromatic carbocycles. The second-order valence-electron chi connectivity index (χ2n) is 7.85. The van der Waals surface area contributed by atoms with Crippen LogP contribution in [0.25, 0.3) is 33.5 Å². The topological polar surface area (TPSA) is 89.3 Å². The van der Waals surface area contributed by atoms with Gasteiger partial charge >= 0.3 is 0 Å². The Hall–Kier alpha value is -3.58. The van der Waals surface area contributed by atoms with Crippen LogP contribution in [0.4, 0.5) is 5.69 Å². The number of H-pyrrole nitrogens is 1. The highest BCUT2D eigenvalue weighted by molar-refractivity contribution is 5.91. The Morgan fingerprint density at radius 2 is 1.72 bits per heavy atom. The first-order chi connectivity index (χ1) is 15.5. The molecule has 7 nitrogen and oxygen atoms in total. The van der Waals surface area contributed by atoms with E-state index in [0.717, 1.165) is 63.7 Å². The summed E-state index contributed by atoms with van der Waals surface area (Å²) in [5, 5.41) is 0. The lowest BCUT2D eigenvalue weighted by Crippen LogP contribution is -2.22. The van der Waals surface area contributed by atoms with Gasteiger partial charge in [-0.15, -0.1) is 0 Å². The Morgan fingerprint density at radius 1 is 1.00 bits per heavy atom. The molecule has 166 valence electrons. The summed E-state index contributed by atoms with van der Waals surface area (Å²) in [6, 6.07) is 12.1. The molecule has 0 aliphatic rings. The molecule has 0 atom stereocenters. The summed E-state index contributed by atoms with van der Waals surface area (Å²) in [6.45, 7) is 3.50. The second kappa shape index (κ2) is 9.28. The fraction of sp³-hybridized carbons (Fsp3) is 0.280. The van der Waals surface area contributed by atoms with Crippen molar-refractivity contribution in [2.75, 3.05) is 39.3 Å². The van der Waals surface area contributed by atoms with Crippen molar-refractivity contribution < 1.29 is 9.47 Å². The van der Waals surface area contributed by atoms with Crippen LogP contribution in [0.2, 0.25) is 0 Å². The highest BCUT2D eigenvalue weighted by Crippen LogP contribution is 2.40. The minimum atomic E-state index is 0.622. The predicted molar refractivity (Wildman–Crippen MR) is 130 cm³/mol. The Kier molecular flexibility index (Phi) is 6.28. The molecular weight excluding hydrogens is 402 g/mol. The number of aromatic amines is 1. The summed E-state index contributed by atoms with van der Waals surface area (Å²) in [4.78, 5) is 15.1. The number of hydrogen-bond donors (Lipinski definition) is 2. The van der Waals surface area contributed by atoms with E-state index in [-0.39, 0.29) is 0 Å². The molecule has 2 heterocycles. The van der Waals surface area contributed by atoms with E-state index in [2.05, 4.69) is 41.0 Å². The van der Waals surface area contributed by atoms with Crippen LogP contribution in [0.5, 0.6) is 11.5 Å². The van der Waals surface area contributed by atoms with E-state index in [0.29, 0.717) is 6.54 Å². The van der Waals surface area contributed by atoms with Crippen LogP contribution < -0.4 is 20.1 Å². The van der Waals surface area contributed by atoms with Crippen molar-refractivity contribution in [3.63, 3.8) is 0 Å². The van der Waals surface area contributed by atoms with Crippen molar-refractivity contribution in [3.8, 4) is 34.0 Å². The third kappa shape index (κ3) is 4.24. The van der Waals surface area contributed by atoms with E-state index in [9.17, 15) is 0 Å². The first-order valence-electron chi connectivity index (χ1n) is 10.6. The second-order valence-corrected chi connectivity index (χ2v) is 7.85. The molecule has 0 saturated heterocycles. The summed E-state index contributed by atoms with van der Waals surface area (Å²) in [7, 11) is 5.37. The Morgan fingerprint density at radius 3 is 2.41 bits per heavy atom. The summed E-state index contributed by atoms with van der Waals surface area (Å²) < 4.78 is 11.0. The van der Waals surface area contributed by atoms with Crippen molar-refractivity contribution in [3.05, 3.63) is 54.4 Å². The number of nitrogens with zero attached hydrogens (tertiary/aromatic N) is 3. The van der Waals surface area contributed by atoms with E-state index in [4.69, 9.17) is 20.2 Å². The molecule has 4 aromatic rings. The lowest BCUT2D eigenvalue weighted by molar-refractivity contribution is 0.394. The molecule has 3 N–H and O–H groups in total. The van der Waals surface area contributed by atoms with Gasteiger partial charge < -0.3 is 25.1 Å². The van der Waals surface area contributed by atoms with E-state index >= 15 is 0 Å². The summed E-state index contributed by atoms with van der Waals surface area (Å²) in [5.74, 6) is 2.23. The lowest BCUT2D eigenvalue weighted by atomic mass is 10.0. The number of ether oxygens (including phenoxy) is 2. The maximum atomic E-state index is 5.80. The zero-order valence-corrected chi connectivity index (χ0v) is 19.0. The van der Waals surface area contributed by atoms with Gasteiger partial charge in [-0.2, -0.15) is 0 Å². The minimum Gasteiger partial charge on any atom is -0.497 e. The lowest BCUT2D eigenvalue weighted by Gasteiger charge is -2.25. The first kappa shape index (κ1) is 21.6. The molecule has 0 bridgehead atoms. The Labute approximate surface area is 188 Å². The Bertz CT molecular complexity index is 1210. The Balaban J connectivity index is 1.93. The molecule has 0 amide bonds. The number of fused-ring (bicyclic) bond motifs is 1. The maximum absolute atomic E-state index is 5.80. The van der Waals surface area contributed by atoms with Gasteiger partial charge in [0.15, 0.2) is 0 Å². The van der Waals surface area contributed by atoms with Gasteiger partial charge in [0.2, 0.25) is 0 Å².